The van der Waals surface area contributed by atoms with Crippen LogP contribution in [0, 0.1) is 0 Å². The van der Waals surface area contributed by atoms with Crippen LogP contribution in [0.2, 0.25) is 25.7 Å². The Morgan fingerprint density at radius 3 is 2.27 bits per heavy atom. The molecule has 0 aromatic carbocycles. The highest BCUT2D eigenvalue weighted by molar-refractivity contribution is 6.76. The SMILES string of the molecule is C[Si](C)(C)CCCC=CCN. The minimum Gasteiger partial charge on any atom is -0.327 e. The molecule has 0 saturated carbocycles. The molecule has 0 aliphatic rings. The molecule has 0 bridgehead atoms. The van der Waals surface area contributed by atoms with Gasteiger partial charge in [0.1, 0.15) is 0 Å². The summed E-state index contributed by atoms with van der Waals surface area (Å²) in [5.74, 6) is 0. The highest BCUT2D eigenvalue weighted by atomic mass is 28.3. The molecule has 0 fully saturated rings. The van der Waals surface area contributed by atoms with Crippen molar-refractivity contribution >= 4 is 8.07 Å². The van der Waals surface area contributed by atoms with Gasteiger partial charge >= 0.3 is 0 Å². The average molecular weight is 171 g/mol. The molecule has 0 spiro atoms. The van der Waals surface area contributed by atoms with E-state index >= 15 is 0 Å². The normalized spacial score (nSPS) is 12.7. The van der Waals surface area contributed by atoms with Gasteiger partial charge in [0.15, 0.2) is 0 Å². The molecule has 0 radical (unpaired) electrons. The first-order chi connectivity index (χ1) is 5.06. The molecular formula is C9H21NSi. The number of hydrogen-bond donors (Lipinski definition) is 1. The molecule has 0 aromatic rings. The molecule has 66 valence electrons. The van der Waals surface area contributed by atoms with E-state index in [0.29, 0.717) is 6.54 Å². The van der Waals surface area contributed by atoms with Crippen LogP contribution < -0.4 is 5.73 Å². The van der Waals surface area contributed by atoms with Crippen LogP contribution in [0.15, 0.2) is 12.2 Å². The third kappa shape index (κ3) is 9.92. The fourth-order valence-corrected chi connectivity index (χ4v) is 2.23. The van der Waals surface area contributed by atoms with Crippen molar-refractivity contribution in [3.8, 4) is 0 Å². The molecule has 2 N–H and O–H groups in total. The van der Waals surface area contributed by atoms with Crippen molar-refractivity contribution in [2.75, 3.05) is 6.54 Å². The lowest BCUT2D eigenvalue weighted by Crippen LogP contribution is -2.18. The molecule has 0 unspecified atom stereocenters. The van der Waals surface area contributed by atoms with Crippen LogP contribution in [-0.4, -0.2) is 14.6 Å². The quantitative estimate of drug-likeness (QED) is 0.384. The van der Waals surface area contributed by atoms with Gasteiger partial charge in [-0.2, -0.15) is 0 Å². The predicted octanol–water partition coefficient (Wildman–Crippen LogP) is 2.62. The largest absolute Gasteiger partial charge is 0.327 e. The second kappa shape index (κ2) is 5.55. The summed E-state index contributed by atoms with van der Waals surface area (Å²) in [7, 11) is -0.783. The van der Waals surface area contributed by atoms with Crippen molar-refractivity contribution in [3.63, 3.8) is 0 Å². The topological polar surface area (TPSA) is 26.0 Å². The van der Waals surface area contributed by atoms with Crippen LogP contribution in [0.5, 0.6) is 0 Å². The summed E-state index contributed by atoms with van der Waals surface area (Å²) in [6, 6.07) is 1.43. The summed E-state index contributed by atoms with van der Waals surface area (Å²) >= 11 is 0. The van der Waals surface area contributed by atoms with E-state index in [1.807, 2.05) is 6.08 Å². The van der Waals surface area contributed by atoms with E-state index in [9.17, 15) is 0 Å². The van der Waals surface area contributed by atoms with Crippen molar-refractivity contribution < 1.29 is 0 Å². The lowest BCUT2D eigenvalue weighted by molar-refractivity contribution is 0.930. The average Bonchev–Trinajstić information content (AvgIpc) is 1.85. The van der Waals surface area contributed by atoms with Gasteiger partial charge in [0, 0.05) is 14.6 Å². The Morgan fingerprint density at radius 2 is 1.82 bits per heavy atom. The van der Waals surface area contributed by atoms with Gasteiger partial charge in [-0.15, -0.1) is 0 Å². The third-order valence-electron chi connectivity index (χ3n) is 1.60. The van der Waals surface area contributed by atoms with E-state index in [-0.39, 0.29) is 0 Å². The van der Waals surface area contributed by atoms with Crippen molar-refractivity contribution in [1.29, 1.82) is 0 Å². The van der Waals surface area contributed by atoms with Gasteiger partial charge < -0.3 is 5.73 Å². The minimum absolute atomic E-state index is 0.687. The monoisotopic (exact) mass is 171 g/mol. The molecule has 0 rings (SSSR count). The molecule has 0 amide bonds. The van der Waals surface area contributed by atoms with Crippen molar-refractivity contribution in [2.45, 2.75) is 38.5 Å². The highest BCUT2D eigenvalue weighted by Gasteiger charge is 2.10. The van der Waals surface area contributed by atoms with Crippen LogP contribution in [0.3, 0.4) is 0 Å². The highest BCUT2D eigenvalue weighted by Crippen LogP contribution is 2.12. The van der Waals surface area contributed by atoms with Gasteiger partial charge in [-0.25, -0.2) is 0 Å². The van der Waals surface area contributed by atoms with Gasteiger partial charge in [-0.3, -0.25) is 0 Å². The van der Waals surface area contributed by atoms with E-state index in [0.717, 1.165) is 0 Å². The number of unbranched alkanes of at least 4 members (excludes halogenated alkanes) is 1. The van der Waals surface area contributed by atoms with E-state index in [1.54, 1.807) is 0 Å². The molecule has 0 atom stereocenters. The van der Waals surface area contributed by atoms with Crippen molar-refractivity contribution in [3.05, 3.63) is 12.2 Å². The molecule has 0 aliphatic carbocycles. The zero-order valence-corrected chi connectivity index (χ0v) is 9.06. The first-order valence-corrected chi connectivity index (χ1v) is 8.12. The van der Waals surface area contributed by atoms with Crippen LogP contribution in [0.1, 0.15) is 12.8 Å². The lowest BCUT2D eigenvalue weighted by Gasteiger charge is -2.13. The van der Waals surface area contributed by atoms with Gasteiger partial charge in [-0.1, -0.05) is 44.3 Å². The van der Waals surface area contributed by atoms with Gasteiger partial charge in [-0.05, 0) is 6.42 Å². The van der Waals surface area contributed by atoms with Gasteiger partial charge in [0.25, 0.3) is 0 Å². The first-order valence-electron chi connectivity index (χ1n) is 4.41. The molecular weight excluding hydrogens is 150 g/mol. The third-order valence-corrected chi connectivity index (χ3v) is 3.45. The second-order valence-electron chi connectivity index (χ2n) is 4.16. The summed E-state index contributed by atoms with van der Waals surface area (Å²) < 4.78 is 0. The van der Waals surface area contributed by atoms with Crippen LogP contribution in [0.25, 0.3) is 0 Å². The fraction of sp³-hybridized carbons (Fsp3) is 0.778. The Kier molecular flexibility index (Phi) is 5.51. The number of hydrogen-bond acceptors (Lipinski definition) is 1. The Bertz CT molecular complexity index is 113. The van der Waals surface area contributed by atoms with Gasteiger partial charge in [0.2, 0.25) is 0 Å². The summed E-state index contributed by atoms with van der Waals surface area (Å²) in [4.78, 5) is 0. The van der Waals surface area contributed by atoms with Crippen molar-refractivity contribution in [2.24, 2.45) is 5.73 Å². The number of rotatable bonds is 5. The van der Waals surface area contributed by atoms with Crippen molar-refractivity contribution in [1.82, 2.24) is 0 Å². The summed E-state index contributed by atoms with van der Waals surface area (Å²) in [6.45, 7) is 7.94. The number of allylic oxidation sites excluding steroid dienone is 1. The fourth-order valence-electron chi connectivity index (χ4n) is 0.964. The van der Waals surface area contributed by atoms with Crippen LogP contribution in [-0.2, 0) is 0 Å². The Morgan fingerprint density at radius 1 is 1.18 bits per heavy atom. The molecule has 11 heavy (non-hydrogen) atoms. The summed E-state index contributed by atoms with van der Waals surface area (Å²) in [5, 5.41) is 0. The molecule has 0 heterocycles. The van der Waals surface area contributed by atoms with E-state index in [4.69, 9.17) is 5.73 Å². The maximum atomic E-state index is 5.32. The zero-order chi connectivity index (χ0) is 8.74. The Balaban J connectivity index is 3.21. The number of nitrogens with two attached hydrogens (primary N) is 1. The summed E-state index contributed by atoms with van der Waals surface area (Å²) in [5.41, 5.74) is 5.32. The first kappa shape index (κ1) is 10.9. The minimum atomic E-state index is -0.783. The standard InChI is InChI=1S/C9H21NSi/c1-11(2,3)9-7-5-4-6-8-10/h4,6H,5,7-10H2,1-3H3. The molecule has 2 heteroatoms. The smallest absolute Gasteiger partial charge is 0.0442 e. The predicted molar refractivity (Wildman–Crippen MR) is 55.6 cm³/mol. The maximum Gasteiger partial charge on any atom is 0.0442 e. The maximum absolute atomic E-state index is 5.32. The lowest BCUT2D eigenvalue weighted by atomic mass is 10.3. The second-order valence-corrected chi connectivity index (χ2v) is 9.78. The molecule has 0 aliphatic heterocycles. The van der Waals surface area contributed by atoms with E-state index < -0.39 is 8.07 Å². The zero-order valence-electron chi connectivity index (χ0n) is 8.06. The summed E-state index contributed by atoms with van der Waals surface area (Å²) in [6.07, 6.45) is 6.79. The van der Waals surface area contributed by atoms with Gasteiger partial charge in [0.05, 0.1) is 0 Å². The van der Waals surface area contributed by atoms with Crippen LogP contribution in [0.4, 0.5) is 0 Å². The Hall–Kier alpha value is -0.0831. The van der Waals surface area contributed by atoms with E-state index in [2.05, 4.69) is 25.7 Å². The van der Waals surface area contributed by atoms with Crippen LogP contribution >= 0.6 is 0 Å². The molecule has 0 aromatic heterocycles. The van der Waals surface area contributed by atoms with E-state index in [1.165, 1.54) is 18.9 Å². The molecule has 1 nitrogen and oxygen atoms in total. The Labute approximate surface area is 71.7 Å². The molecule has 0 saturated heterocycles.